The lowest BCUT2D eigenvalue weighted by atomic mass is 9.64. The molecule has 1 aliphatic rings. The van der Waals surface area contributed by atoms with Crippen LogP contribution >= 0.6 is 0 Å². The second-order valence-corrected chi connectivity index (χ2v) is 5.57. The van der Waals surface area contributed by atoms with Crippen LogP contribution in [0.25, 0.3) is 0 Å². The van der Waals surface area contributed by atoms with Crippen molar-refractivity contribution in [2.75, 3.05) is 33.9 Å². The van der Waals surface area contributed by atoms with E-state index in [4.69, 9.17) is 9.47 Å². The lowest BCUT2D eigenvalue weighted by Crippen LogP contribution is -2.62. The summed E-state index contributed by atoms with van der Waals surface area (Å²) in [5.41, 5.74) is 0.164. The SMILES string of the molecule is CCO[C@@H]1C[C@@H](N(C)C[C@@H](O)COC)C1(C)C. The van der Waals surface area contributed by atoms with Gasteiger partial charge in [0.15, 0.2) is 0 Å². The Bertz CT molecular complexity index is 233. The number of ether oxygens (including phenoxy) is 2. The molecule has 102 valence electrons. The predicted octanol–water partition coefficient (Wildman–Crippen LogP) is 1.13. The van der Waals surface area contributed by atoms with Crippen LogP contribution < -0.4 is 0 Å². The minimum Gasteiger partial charge on any atom is -0.389 e. The number of aliphatic hydroxyl groups is 1. The van der Waals surface area contributed by atoms with E-state index in [0.717, 1.165) is 13.0 Å². The van der Waals surface area contributed by atoms with Gasteiger partial charge in [0.25, 0.3) is 0 Å². The summed E-state index contributed by atoms with van der Waals surface area (Å²) in [6, 6.07) is 0.477. The monoisotopic (exact) mass is 245 g/mol. The van der Waals surface area contributed by atoms with E-state index in [1.807, 2.05) is 6.92 Å². The Balaban J connectivity index is 2.42. The molecule has 1 rings (SSSR count). The van der Waals surface area contributed by atoms with Crippen molar-refractivity contribution in [1.82, 2.24) is 4.90 Å². The quantitative estimate of drug-likeness (QED) is 0.730. The molecule has 4 heteroatoms. The standard InChI is InChI=1S/C13H27NO3/c1-6-17-12-7-11(13(12,2)3)14(4)8-10(15)9-16-5/h10-12,15H,6-9H2,1-5H3/t10-,11-,12-/m1/s1. The molecule has 0 unspecified atom stereocenters. The number of hydrogen-bond acceptors (Lipinski definition) is 4. The number of methoxy groups -OCH3 is 1. The van der Waals surface area contributed by atoms with Crippen LogP contribution in [0.4, 0.5) is 0 Å². The summed E-state index contributed by atoms with van der Waals surface area (Å²) in [6.07, 6.45) is 0.989. The lowest BCUT2D eigenvalue weighted by molar-refractivity contribution is -0.150. The van der Waals surface area contributed by atoms with Crippen molar-refractivity contribution in [3.05, 3.63) is 0 Å². The maximum atomic E-state index is 9.73. The minimum atomic E-state index is -0.410. The number of nitrogens with zero attached hydrogens (tertiary/aromatic N) is 1. The fraction of sp³-hybridized carbons (Fsp3) is 1.00. The molecular weight excluding hydrogens is 218 g/mol. The van der Waals surface area contributed by atoms with Crippen molar-refractivity contribution in [3.8, 4) is 0 Å². The third kappa shape index (κ3) is 3.41. The van der Waals surface area contributed by atoms with E-state index in [9.17, 15) is 5.11 Å². The second-order valence-electron chi connectivity index (χ2n) is 5.57. The Morgan fingerprint density at radius 1 is 1.47 bits per heavy atom. The molecule has 1 N–H and O–H groups in total. The van der Waals surface area contributed by atoms with Crippen LogP contribution in [0.2, 0.25) is 0 Å². The van der Waals surface area contributed by atoms with E-state index in [2.05, 4.69) is 25.8 Å². The molecule has 0 bridgehead atoms. The van der Waals surface area contributed by atoms with Gasteiger partial charge in [-0.3, -0.25) is 0 Å². The van der Waals surface area contributed by atoms with Crippen molar-refractivity contribution < 1.29 is 14.6 Å². The van der Waals surface area contributed by atoms with E-state index >= 15 is 0 Å². The molecule has 1 aliphatic carbocycles. The zero-order chi connectivity index (χ0) is 13.1. The average Bonchev–Trinajstić information content (AvgIpc) is 2.23. The first kappa shape index (κ1) is 14.9. The molecule has 0 saturated heterocycles. The summed E-state index contributed by atoms with van der Waals surface area (Å²) in [6.45, 7) is 8.33. The molecule has 0 radical (unpaired) electrons. The van der Waals surface area contributed by atoms with E-state index < -0.39 is 6.10 Å². The van der Waals surface area contributed by atoms with Gasteiger partial charge in [-0.25, -0.2) is 0 Å². The third-order valence-corrected chi connectivity index (χ3v) is 3.88. The molecule has 4 nitrogen and oxygen atoms in total. The third-order valence-electron chi connectivity index (χ3n) is 3.88. The van der Waals surface area contributed by atoms with E-state index in [0.29, 0.717) is 25.3 Å². The maximum absolute atomic E-state index is 9.73. The van der Waals surface area contributed by atoms with Crippen molar-refractivity contribution in [3.63, 3.8) is 0 Å². The van der Waals surface area contributed by atoms with Gasteiger partial charge in [-0.2, -0.15) is 0 Å². The highest BCUT2D eigenvalue weighted by molar-refractivity contribution is 5.03. The Morgan fingerprint density at radius 2 is 2.12 bits per heavy atom. The van der Waals surface area contributed by atoms with Gasteiger partial charge in [0.1, 0.15) is 0 Å². The first-order valence-electron chi connectivity index (χ1n) is 6.42. The molecule has 17 heavy (non-hydrogen) atoms. The topological polar surface area (TPSA) is 41.9 Å². The molecule has 0 aromatic heterocycles. The summed E-state index contributed by atoms with van der Waals surface area (Å²) in [5, 5.41) is 9.73. The van der Waals surface area contributed by atoms with Crippen LogP contribution in [0.3, 0.4) is 0 Å². The van der Waals surface area contributed by atoms with Gasteiger partial charge < -0.3 is 19.5 Å². The summed E-state index contributed by atoms with van der Waals surface area (Å²) in [5.74, 6) is 0. The molecule has 1 saturated carbocycles. The van der Waals surface area contributed by atoms with E-state index in [1.54, 1.807) is 7.11 Å². The number of aliphatic hydroxyl groups excluding tert-OH is 1. The zero-order valence-corrected chi connectivity index (χ0v) is 11.8. The molecule has 0 aliphatic heterocycles. The van der Waals surface area contributed by atoms with Crippen LogP contribution in [-0.4, -0.2) is 62.2 Å². The van der Waals surface area contributed by atoms with E-state index in [-0.39, 0.29) is 5.41 Å². The van der Waals surface area contributed by atoms with Crippen molar-refractivity contribution in [1.29, 1.82) is 0 Å². The van der Waals surface area contributed by atoms with Gasteiger partial charge in [-0.1, -0.05) is 13.8 Å². The Kier molecular flexibility index (Phi) is 5.38. The summed E-state index contributed by atoms with van der Waals surface area (Å²) in [7, 11) is 3.68. The average molecular weight is 245 g/mol. The second kappa shape index (κ2) is 6.14. The molecule has 0 amide bonds. The Hall–Kier alpha value is -0.160. The van der Waals surface area contributed by atoms with Crippen molar-refractivity contribution in [2.24, 2.45) is 5.41 Å². The normalized spacial score (nSPS) is 29.1. The fourth-order valence-corrected chi connectivity index (χ4v) is 2.80. The smallest absolute Gasteiger partial charge is 0.0900 e. The van der Waals surface area contributed by atoms with Crippen LogP contribution in [-0.2, 0) is 9.47 Å². The maximum Gasteiger partial charge on any atom is 0.0900 e. The molecule has 0 aromatic carbocycles. The van der Waals surface area contributed by atoms with Gasteiger partial charge in [-0.15, -0.1) is 0 Å². The molecule has 3 atom stereocenters. The van der Waals surface area contributed by atoms with Gasteiger partial charge in [-0.05, 0) is 20.4 Å². The highest BCUT2D eigenvalue weighted by Crippen LogP contribution is 2.45. The van der Waals surface area contributed by atoms with Gasteiger partial charge in [0.2, 0.25) is 0 Å². The largest absolute Gasteiger partial charge is 0.389 e. The lowest BCUT2D eigenvalue weighted by Gasteiger charge is -2.55. The molecule has 0 aromatic rings. The Morgan fingerprint density at radius 3 is 2.59 bits per heavy atom. The Labute approximate surface area is 105 Å². The van der Waals surface area contributed by atoms with Crippen molar-refractivity contribution in [2.45, 2.75) is 45.4 Å². The van der Waals surface area contributed by atoms with Gasteiger partial charge >= 0.3 is 0 Å². The fourth-order valence-electron chi connectivity index (χ4n) is 2.80. The minimum absolute atomic E-state index is 0.164. The highest BCUT2D eigenvalue weighted by atomic mass is 16.5. The molecule has 0 heterocycles. The first-order valence-corrected chi connectivity index (χ1v) is 6.42. The highest BCUT2D eigenvalue weighted by Gasteiger charge is 2.50. The van der Waals surface area contributed by atoms with Crippen LogP contribution in [0.15, 0.2) is 0 Å². The number of hydrogen-bond donors (Lipinski definition) is 1. The van der Waals surface area contributed by atoms with Crippen LogP contribution in [0, 0.1) is 5.41 Å². The number of rotatable bonds is 7. The molecular formula is C13H27NO3. The summed E-state index contributed by atoms with van der Waals surface area (Å²) >= 11 is 0. The predicted molar refractivity (Wildman–Crippen MR) is 68.1 cm³/mol. The number of likely N-dealkylation sites (N-methyl/N-ethyl adjacent to an activating group) is 1. The van der Waals surface area contributed by atoms with Crippen LogP contribution in [0.1, 0.15) is 27.2 Å². The first-order chi connectivity index (χ1) is 7.93. The van der Waals surface area contributed by atoms with E-state index in [1.165, 1.54) is 0 Å². The summed E-state index contributed by atoms with van der Waals surface area (Å²) in [4.78, 5) is 2.22. The van der Waals surface area contributed by atoms with Crippen LogP contribution in [0.5, 0.6) is 0 Å². The van der Waals surface area contributed by atoms with Gasteiger partial charge in [0, 0.05) is 31.7 Å². The summed E-state index contributed by atoms with van der Waals surface area (Å²) < 4.78 is 10.7. The van der Waals surface area contributed by atoms with Gasteiger partial charge in [0.05, 0.1) is 18.8 Å². The zero-order valence-electron chi connectivity index (χ0n) is 11.8. The van der Waals surface area contributed by atoms with Crippen molar-refractivity contribution >= 4 is 0 Å². The molecule has 1 fully saturated rings. The molecule has 0 spiro atoms.